The molecule has 1 heterocycles. The molecule has 0 bridgehead atoms. The van der Waals surface area contributed by atoms with E-state index in [1.54, 1.807) is 31.5 Å². The number of rotatable bonds is 6. The molecule has 0 atom stereocenters. The lowest BCUT2D eigenvalue weighted by molar-refractivity contribution is -0.113. The smallest absolute Gasteiger partial charge is 0.242 e. The Morgan fingerprint density at radius 3 is 2.54 bits per heavy atom. The number of aryl methyl sites for hydroxylation is 1. The number of amides is 1. The zero-order valence-corrected chi connectivity index (χ0v) is 15.2. The second-order valence-corrected chi connectivity index (χ2v) is 8.23. The van der Waals surface area contributed by atoms with Crippen LogP contribution in [-0.2, 0) is 14.8 Å². The van der Waals surface area contributed by atoms with Gasteiger partial charge in [-0.1, -0.05) is 17.8 Å². The number of hydrogen-bond acceptors (Lipinski definition) is 6. The van der Waals surface area contributed by atoms with Gasteiger partial charge in [0.15, 0.2) is 5.16 Å². The highest BCUT2D eigenvalue weighted by Crippen LogP contribution is 2.22. The number of nitrogens with one attached hydrogen (secondary N) is 1. The van der Waals surface area contributed by atoms with E-state index in [9.17, 15) is 13.2 Å². The van der Waals surface area contributed by atoms with Gasteiger partial charge in [0.2, 0.25) is 15.9 Å². The number of anilines is 1. The van der Waals surface area contributed by atoms with Gasteiger partial charge < -0.3 is 5.32 Å². The highest BCUT2D eigenvalue weighted by molar-refractivity contribution is 7.99. The van der Waals surface area contributed by atoms with Crippen molar-refractivity contribution in [2.75, 3.05) is 25.2 Å². The highest BCUT2D eigenvalue weighted by atomic mass is 32.2. The van der Waals surface area contributed by atoms with Crippen LogP contribution in [0.2, 0.25) is 0 Å². The molecular weight excluding hydrogens is 348 g/mol. The molecule has 1 amide bonds. The highest BCUT2D eigenvalue weighted by Gasteiger charge is 2.18. The number of hydrogen-bond donors (Lipinski definition) is 1. The molecule has 2 aromatic rings. The van der Waals surface area contributed by atoms with Gasteiger partial charge in [-0.2, -0.15) is 0 Å². The van der Waals surface area contributed by atoms with Crippen LogP contribution in [0, 0.1) is 6.92 Å². The molecule has 0 aliphatic heterocycles. The maximum Gasteiger partial charge on any atom is 0.242 e. The minimum absolute atomic E-state index is 0.132. The Balaban J connectivity index is 2.10. The van der Waals surface area contributed by atoms with E-state index in [1.165, 1.54) is 38.0 Å². The second kappa shape index (κ2) is 7.73. The fourth-order valence-corrected chi connectivity index (χ4v) is 3.31. The number of aromatic nitrogens is 2. The fourth-order valence-electron chi connectivity index (χ4n) is 1.78. The van der Waals surface area contributed by atoms with Crippen LogP contribution < -0.4 is 5.32 Å². The van der Waals surface area contributed by atoms with Crippen molar-refractivity contribution in [3.63, 3.8) is 0 Å². The van der Waals surface area contributed by atoms with E-state index in [0.717, 1.165) is 9.87 Å². The molecule has 1 aromatic carbocycles. The molecule has 0 aliphatic rings. The predicted octanol–water partition coefficient (Wildman–Crippen LogP) is 1.77. The molecule has 0 unspecified atom stereocenters. The molecule has 128 valence electrons. The summed E-state index contributed by atoms with van der Waals surface area (Å²) in [5, 5.41) is 3.24. The Hall–Kier alpha value is -1.97. The van der Waals surface area contributed by atoms with Crippen molar-refractivity contribution in [2.45, 2.75) is 17.0 Å². The number of benzene rings is 1. The van der Waals surface area contributed by atoms with E-state index in [0.29, 0.717) is 10.8 Å². The van der Waals surface area contributed by atoms with E-state index < -0.39 is 10.0 Å². The van der Waals surface area contributed by atoms with Crippen molar-refractivity contribution in [1.82, 2.24) is 14.3 Å². The van der Waals surface area contributed by atoms with Crippen molar-refractivity contribution in [3.8, 4) is 0 Å². The lowest BCUT2D eigenvalue weighted by Gasteiger charge is -2.14. The normalized spacial score (nSPS) is 11.5. The van der Waals surface area contributed by atoms with Crippen molar-refractivity contribution in [3.05, 3.63) is 42.2 Å². The summed E-state index contributed by atoms with van der Waals surface area (Å²) in [5.74, 6) is -0.122. The molecule has 1 aromatic heterocycles. The van der Waals surface area contributed by atoms with Crippen LogP contribution in [0.25, 0.3) is 0 Å². The Bertz CT molecular complexity index is 824. The monoisotopic (exact) mass is 366 g/mol. The van der Waals surface area contributed by atoms with Gasteiger partial charge in [-0.3, -0.25) is 4.79 Å². The van der Waals surface area contributed by atoms with Gasteiger partial charge in [-0.15, -0.1) is 0 Å². The van der Waals surface area contributed by atoms with E-state index in [2.05, 4.69) is 15.3 Å². The number of thioether (sulfide) groups is 1. The third kappa shape index (κ3) is 4.53. The van der Waals surface area contributed by atoms with Gasteiger partial charge in [-0.25, -0.2) is 22.7 Å². The van der Waals surface area contributed by atoms with Gasteiger partial charge >= 0.3 is 0 Å². The first-order valence-electron chi connectivity index (χ1n) is 7.03. The van der Waals surface area contributed by atoms with Crippen LogP contribution in [0.1, 0.15) is 5.56 Å². The summed E-state index contributed by atoms with van der Waals surface area (Å²) in [5.41, 5.74) is 1.25. The van der Waals surface area contributed by atoms with Crippen LogP contribution in [-0.4, -0.2) is 48.4 Å². The van der Waals surface area contributed by atoms with Crippen molar-refractivity contribution in [2.24, 2.45) is 0 Å². The first-order chi connectivity index (χ1) is 11.3. The summed E-state index contributed by atoms with van der Waals surface area (Å²) in [6.07, 6.45) is 3.21. The molecule has 9 heteroatoms. The van der Waals surface area contributed by atoms with Crippen molar-refractivity contribution < 1.29 is 13.2 Å². The van der Waals surface area contributed by atoms with Gasteiger partial charge in [-0.05, 0) is 30.7 Å². The van der Waals surface area contributed by atoms with E-state index in [-0.39, 0.29) is 16.6 Å². The first-order valence-corrected chi connectivity index (χ1v) is 9.46. The third-order valence-corrected chi connectivity index (χ3v) is 5.82. The lowest BCUT2D eigenvalue weighted by Crippen LogP contribution is -2.22. The average molecular weight is 366 g/mol. The SMILES string of the molecule is Cc1ccc(S(=O)(=O)N(C)C)cc1NC(=O)CSc1ncccn1. The van der Waals surface area contributed by atoms with Gasteiger partial charge in [0.05, 0.1) is 10.6 Å². The molecule has 24 heavy (non-hydrogen) atoms. The summed E-state index contributed by atoms with van der Waals surface area (Å²) in [6.45, 7) is 1.80. The van der Waals surface area contributed by atoms with E-state index >= 15 is 0 Å². The maximum absolute atomic E-state index is 12.2. The zero-order valence-electron chi connectivity index (χ0n) is 13.6. The summed E-state index contributed by atoms with van der Waals surface area (Å²) >= 11 is 1.21. The fraction of sp³-hybridized carbons (Fsp3) is 0.267. The minimum Gasteiger partial charge on any atom is -0.325 e. The van der Waals surface area contributed by atoms with Crippen molar-refractivity contribution in [1.29, 1.82) is 0 Å². The third-order valence-electron chi connectivity index (χ3n) is 3.14. The molecular formula is C15H18N4O3S2. The van der Waals surface area contributed by atoms with Crippen LogP contribution in [0.5, 0.6) is 0 Å². The topological polar surface area (TPSA) is 92.3 Å². The molecule has 1 N–H and O–H groups in total. The summed E-state index contributed by atoms with van der Waals surface area (Å²) in [4.78, 5) is 20.3. The quantitative estimate of drug-likeness (QED) is 0.619. The molecule has 0 saturated carbocycles. The predicted molar refractivity (Wildman–Crippen MR) is 93.4 cm³/mol. The zero-order chi connectivity index (χ0) is 17.7. The maximum atomic E-state index is 12.2. The van der Waals surface area contributed by atoms with E-state index in [4.69, 9.17) is 0 Å². The van der Waals surface area contributed by atoms with Gasteiger partial charge in [0.25, 0.3) is 0 Å². The first kappa shape index (κ1) is 18.4. The van der Waals surface area contributed by atoms with Crippen LogP contribution in [0.4, 0.5) is 5.69 Å². The van der Waals surface area contributed by atoms with Crippen LogP contribution in [0.3, 0.4) is 0 Å². The molecule has 7 nitrogen and oxygen atoms in total. The standard InChI is InChI=1S/C15H18N4O3S2/c1-11-5-6-12(24(21,22)19(2)3)9-13(11)18-14(20)10-23-15-16-7-4-8-17-15/h4-9H,10H2,1-3H3,(H,18,20). The largest absolute Gasteiger partial charge is 0.325 e. The summed E-state index contributed by atoms with van der Waals surface area (Å²) in [6, 6.07) is 6.35. The van der Waals surface area contributed by atoms with Gasteiger partial charge in [0, 0.05) is 32.2 Å². The molecule has 0 spiro atoms. The molecule has 0 radical (unpaired) electrons. The Morgan fingerprint density at radius 1 is 1.25 bits per heavy atom. The molecule has 0 saturated heterocycles. The molecule has 2 rings (SSSR count). The number of nitrogens with zero attached hydrogens (tertiary/aromatic N) is 3. The van der Waals surface area contributed by atoms with E-state index in [1.807, 2.05) is 0 Å². The number of sulfonamides is 1. The minimum atomic E-state index is -3.55. The Labute approximate surface area is 145 Å². The number of carbonyl (C=O) groups excluding carboxylic acids is 1. The van der Waals surface area contributed by atoms with Crippen LogP contribution >= 0.6 is 11.8 Å². The van der Waals surface area contributed by atoms with Gasteiger partial charge in [0.1, 0.15) is 0 Å². The Morgan fingerprint density at radius 2 is 1.92 bits per heavy atom. The molecule has 0 aliphatic carbocycles. The Kier molecular flexibility index (Phi) is 5.92. The summed E-state index contributed by atoms with van der Waals surface area (Å²) in [7, 11) is -0.626. The lowest BCUT2D eigenvalue weighted by atomic mass is 10.2. The average Bonchev–Trinajstić information content (AvgIpc) is 2.55. The van der Waals surface area contributed by atoms with Crippen LogP contribution in [0.15, 0.2) is 46.7 Å². The number of carbonyl (C=O) groups is 1. The summed E-state index contributed by atoms with van der Waals surface area (Å²) < 4.78 is 25.5. The van der Waals surface area contributed by atoms with Crippen molar-refractivity contribution >= 4 is 33.4 Å². The molecule has 0 fully saturated rings. The second-order valence-electron chi connectivity index (χ2n) is 5.13.